The number of anilines is 1. The van der Waals surface area contributed by atoms with Crippen molar-refractivity contribution in [1.82, 2.24) is 24.9 Å². The van der Waals surface area contributed by atoms with E-state index in [4.69, 9.17) is 0 Å². The van der Waals surface area contributed by atoms with E-state index in [9.17, 15) is 0 Å². The van der Waals surface area contributed by atoms with Gasteiger partial charge in [-0.25, -0.2) is 15.0 Å². The van der Waals surface area contributed by atoms with E-state index in [0.717, 1.165) is 20.6 Å². The number of hydrogen-bond acceptors (Lipinski definition) is 7. The molecule has 3 aromatic heterocycles. The fourth-order valence-corrected chi connectivity index (χ4v) is 3.29. The number of rotatable bonds is 3. The van der Waals surface area contributed by atoms with Crippen molar-refractivity contribution < 1.29 is 0 Å². The van der Waals surface area contributed by atoms with Crippen LogP contribution in [-0.4, -0.2) is 32.0 Å². The van der Waals surface area contributed by atoms with Crippen molar-refractivity contribution in [1.29, 1.82) is 0 Å². The van der Waals surface area contributed by atoms with Crippen LogP contribution in [0, 0.1) is 6.92 Å². The highest BCUT2D eigenvalue weighted by Gasteiger charge is 2.12. The molecule has 6 nitrogen and oxygen atoms in total. The molecule has 8 heteroatoms. The van der Waals surface area contributed by atoms with Gasteiger partial charge in [-0.05, 0) is 18.7 Å². The van der Waals surface area contributed by atoms with Crippen molar-refractivity contribution in [2.45, 2.75) is 16.3 Å². The van der Waals surface area contributed by atoms with Crippen LogP contribution in [0.25, 0.3) is 11.2 Å². The highest BCUT2D eigenvalue weighted by atomic mass is 32.2. The van der Waals surface area contributed by atoms with Crippen LogP contribution in [0.4, 0.5) is 5.95 Å². The lowest BCUT2D eigenvalue weighted by Gasteiger charge is -2.02. The first kappa shape index (κ1) is 11.4. The van der Waals surface area contributed by atoms with Crippen LogP contribution >= 0.6 is 23.1 Å². The summed E-state index contributed by atoms with van der Waals surface area (Å²) in [5, 5.41) is 5.78. The van der Waals surface area contributed by atoms with Crippen molar-refractivity contribution in [3.63, 3.8) is 0 Å². The fourth-order valence-electron chi connectivity index (χ4n) is 1.45. The summed E-state index contributed by atoms with van der Waals surface area (Å²) in [6.07, 6.45) is 1.62. The number of hydrogen-bond donors (Lipinski definition) is 2. The van der Waals surface area contributed by atoms with Crippen LogP contribution in [-0.2, 0) is 0 Å². The third-order valence-corrected chi connectivity index (χ3v) is 4.30. The monoisotopic (exact) mass is 278 g/mol. The van der Waals surface area contributed by atoms with Gasteiger partial charge in [-0.2, -0.15) is 4.98 Å². The summed E-state index contributed by atoms with van der Waals surface area (Å²) in [4.78, 5) is 20.3. The second-order valence-corrected chi connectivity index (χ2v) is 5.65. The Hall–Kier alpha value is -1.67. The summed E-state index contributed by atoms with van der Waals surface area (Å²) < 4.78 is 0.962. The topological polar surface area (TPSA) is 79.4 Å². The Morgan fingerprint density at radius 1 is 1.33 bits per heavy atom. The second-order valence-electron chi connectivity index (χ2n) is 3.56. The number of nitrogens with one attached hydrogen (secondary N) is 2. The molecule has 0 unspecified atom stereocenters. The number of aryl methyl sites for hydroxylation is 1. The van der Waals surface area contributed by atoms with E-state index >= 15 is 0 Å². The molecular formula is C10H10N6S2. The van der Waals surface area contributed by atoms with Crippen molar-refractivity contribution >= 4 is 40.2 Å². The number of imidazole rings is 1. The average Bonchev–Trinajstić information content (AvgIpc) is 2.98. The summed E-state index contributed by atoms with van der Waals surface area (Å²) in [5.74, 6) is 0.561. The molecule has 3 aromatic rings. The molecule has 0 radical (unpaired) electrons. The molecule has 0 saturated heterocycles. The molecule has 0 spiro atoms. The van der Waals surface area contributed by atoms with Crippen molar-refractivity contribution in [2.75, 3.05) is 12.4 Å². The van der Waals surface area contributed by atoms with Gasteiger partial charge >= 0.3 is 0 Å². The first-order valence-electron chi connectivity index (χ1n) is 5.25. The molecule has 0 bridgehead atoms. The molecule has 0 aliphatic heterocycles. The Kier molecular flexibility index (Phi) is 2.88. The lowest BCUT2D eigenvalue weighted by molar-refractivity contribution is 1.07. The lowest BCUT2D eigenvalue weighted by Crippen LogP contribution is -1.98. The normalized spacial score (nSPS) is 11.0. The molecule has 0 atom stereocenters. The molecule has 2 N–H and O–H groups in total. The van der Waals surface area contributed by atoms with E-state index in [1.54, 1.807) is 24.7 Å². The zero-order valence-corrected chi connectivity index (χ0v) is 11.4. The molecule has 0 saturated carbocycles. The summed E-state index contributed by atoms with van der Waals surface area (Å²) in [6, 6.07) is 0. The van der Waals surface area contributed by atoms with Crippen LogP contribution in [0.15, 0.2) is 21.1 Å². The number of H-pyrrole nitrogens is 1. The predicted molar refractivity (Wildman–Crippen MR) is 72.2 cm³/mol. The van der Waals surface area contributed by atoms with E-state index in [1.807, 2.05) is 12.3 Å². The molecular weight excluding hydrogens is 268 g/mol. The zero-order valence-electron chi connectivity index (χ0n) is 9.76. The highest BCUT2D eigenvalue weighted by molar-refractivity contribution is 8.01. The first-order valence-corrected chi connectivity index (χ1v) is 6.95. The van der Waals surface area contributed by atoms with Gasteiger partial charge in [0.1, 0.15) is 10.5 Å². The number of aromatic nitrogens is 5. The molecule has 0 fully saturated rings. The molecule has 0 amide bonds. The quantitative estimate of drug-likeness (QED) is 0.716. The maximum absolute atomic E-state index is 4.43. The zero-order chi connectivity index (χ0) is 12.5. The van der Waals surface area contributed by atoms with E-state index in [-0.39, 0.29) is 0 Å². The number of thiazole rings is 1. The Bertz CT molecular complexity index is 689. The van der Waals surface area contributed by atoms with Gasteiger partial charge in [0.15, 0.2) is 9.99 Å². The van der Waals surface area contributed by atoms with E-state index in [2.05, 4.69) is 30.2 Å². The molecule has 0 aromatic carbocycles. The fraction of sp³-hybridized carbons (Fsp3) is 0.200. The van der Waals surface area contributed by atoms with Crippen molar-refractivity contribution in [2.24, 2.45) is 0 Å². The van der Waals surface area contributed by atoms with Crippen LogP contribution in [0.1, 0.15) is 5.69 Å². The summed E-state index contributed by atoms with van der Waals surface area (Å²) in [7, 11) is 1.79. The average molecular weight is 278 g/mol. The summed E-state index contributed by atoms with van der Waals surface area (Å²) >= 11 is 3.12. The number of aromatic amines is 1. The third-order valence-electron chi connectivity index (χ3n) is 2.26. The van der Waals surface area contributed by atoms with Gasteiger partial charge in [0.25, 0.3) is 0 Å². The van der Waals surface area contributed by atoms with Crippen molar-refractivity contribution in [3.05, 3.63) is 17.4 Å². The molecule has 0 aliphatic rings. The van der Waals surface area contributed by atoms with Crippen LogP contribution in [0.2, 0.25) is 0 Å². The molecule has 3 rings (SSSR count). The van der Waals surface area contributed by atoms with Gasteiger partial charge in [-0.1, -0.05) is 0 Å². The van der Waals surface area contributed by atoms with E-state index in [0.29, 0.717) is 11.6 Å². The Balaban J connectivity index is 2.06. The smallest absolute Gasteiger partial charge is 0.225 e. The third kappa shape index (κ3) is 2.04. The summed E-state index contributed by atoms with van der Waals surface area (Å²) in [6.45, 7) is 1.98. The van der Waals surface area contributed by atoms with Gasteiger partial charge in [0.2, 0.25) is 5.95 Å². The van der Waals surface area contributed by atoms with Gasteiger partial charge in [-0.15, -0.1) is 11.3 Å². The number of nitrogens with zero attached hydrogens (tertiary/aromatic N) is 4. The van der Waals surface area contributed by atoms with Gasteiger partial charge in [-0.3, -0.25) is 0 Å². The Labute approximate surface area is 111 Å². The second kappa shape index (κ2) is 4.54. The molecule has 0 aliphatic carbocycles. The SMILES string of the molecule is CNc1nc(Sc2nc(C)cs2)c2[nH]cnc2n1. The Morgan fingerprint density at radius 3 is 2.94 bits per heavy atom. The van der Waals surface area contributed by atoms with Crippen molar-refractivity contribution in [3.8, 4) is 0 Å². The highest BCUT2D eigenvalue weighted by Crippen LogP contribution is 2.32. The largest absolute Gasteiger partial charge is 0.357 e. The van der Waals surface area contributed by atoms with E-state index < -0.39 is 0 Å². The maximum atomic E-state index is 4.43. The van der Waals surface area contributed by atoms with Gasteiger partial charge in [0, 0.05) is 18.1 Å². The first-order chi connectivity index (χ1) is 8.76. The molecule has 3 heterocycles. The standard InChI is InChI=1S/C10H10N6S2/c1-5-3-17-10(14-5)18-8-6-7(13-4-12-6)15-9(11-2)16-8/h3-4H,1-2H3,(H2,11,12,13,15,16). The lowest BCUT2D eigenvalue weighted by atomic mass is 10.5. The Morgan fingerprint density at radius 2 is 2.22 bits per heavy atom. The van der Waals surface area contributed by atoms with Crippen LogP contribution in [0.5, 0.6) is 0 Å². The van der Waals surface area contributed by atoms with Gasteiger partial charge in [0.05, 0.1) is 6.33 Å². The van der Waals surface area contributed by atoms with Gasteiger partial charge < -0.3 is 10.3 Å². The predicted octanol–water partition coefficient (Wildman–Crippen LogP) is 2.31. The minimum atomic E-state index is 0.561. The van der Waals surface area contributed by atoms with Crippen LogP contribution in [0.3, 0.4) is 0 Å². The molecule has 18 heavy (non-hydrogen) atoms. The number of fused-ring (bicyclic) bond motifs is 1. The molecule has 92 valence electrons. The van der Waals surface area contributed by atoms with E-state index in [1.165, 1.54) is 11.8 Å². The maximum Gasteiger partial charge on any atom is 0.225 e. The minimum absolute atomic E-state index is 0.561. The summed E-state index contributed by atoms with van der Waals surface area (Å²) in [5.41, 5.74) is 2.52. The van der Waals surface area contributed by atoms with Crippen LogP contribution < -0.4 is 5.32 Å². The minimum Gasteiger partial charge on any atom is -0.357 e.